The van der Waals surface area contributed by atoms with Crippen LogP contribution in [0.4, 0.5) is 4.79 Å². The summed E-state index contributed by atoms with van der Waals surface area (Å²) in [7, 11) is 0. The lowest BCUT2D eigenvalue weighted by molar-refractivity contribution is -0.135. The smallest absolute Gasteiger partial charge is 0.410 e. The molecule has 1 heterocycles. The number of benzene rings is 1. The average Bonchev–Trinajstić information content (AvgIpc) is 3.51. The van der Waals surface area contributed by atoms with Gasteiger partial charge in [0.1, 0.15) is 6.61 Å². The van der Waals surface area contributed by atoms with Crippen LogP contribution in [0.5, 0.6) is 0 Å². The van der Waals surface area contributed by atoms with Crippen molar-refractivity contribution in [2.75, 3.05) is 13.1 Å². The van der Waals surface area contributed by atoms with Gasteiger partial charge in [-0.2, -0.15) is 0 Å². The minimum atomic E-state index is -0.483. The molecule has 27 heavy (non-hydrogen) atoms. The average molecular weight is 373 g/mol. The van der Waals surface area contributed by atoms with Crippen molar-refractivity contribution in [2.45, 2.75) is 64.3 Å². The van der Waals surface area contributed by atoms with Crippen molar-refractivity contribution in [3.8, 4) is 0 Å². The topological polar surface area (TPSA) is 75.9 Å². The van der Waals surface area contributed by atoms with E-state index < -0.39 is 6.04 Å². The lowest BCUT2D eigenvalue weighted by Gasteiger charge is -2.40. The zero-order valence-electron chi connectivity index (χ0n) is 16.3. The van der Waals surface area contributed by atoms with Gasteiger partial charge in [0.2, 0.25) is 5.91 Å². The Balaban J connectivity index is 1.62. The Morgan fingerprint density at radius 1 is 1.19 bits per heavy atom. The number of nitrogens with zero attached hydrogens (tertiary/aromatic N) is 2. The van der Waals surface area contributed by atoms with E-state index >= 15 is 0 Å². The highest BCUT2D eigenvalue weighted by Gasteiger charge is 2.41. The predicted octanol–water partition coefficient (Wildman–Crippen LogP) is 2.76. The van der Waals surface area contributed by atoms with Crippen molar-refractivity contribution >= 4 is 12.0 Å². The third-order valence-corrected chi connectivity index (χ3v) is 5.46. The predicted molar refractivity (Wildman–Crippen MR) is 104 cm³/mol. The van der Waals surface area contributed by atoms with Crippen LogP contribution in [-0.2, 0) is 16.1 Å². The first kappa shape index (κ1) is 19.7. The van der Waals surface area contributed by atoms with Crippen LogP contribution >= 0.6 is 0 Å². The molecule has 2 fully saturated rings. The van der Waals surface area contributed by atoms with E-state index in [1.807, 2.05) is 54.0 Å². The molecule has 6 heteroatoms. The lowest BCUT2D eigenvalue weighted by atomic mass is 9.99. The summed E-state index contributed by atoms with van der Waals surface area (Å²) in [6.45, 7) is 5.46. The standard InChI is InChI=1S/C21H31N3O3/c1-15(2)19(22)20(25)23-12-6-9-18(13-23)24(17-10-11-17)21(26)27-14-16-7-4-3-5-8-16/h3-5,7-8,15,17-19H,6,9-14,22H2,1-2H3/t18?,19-/m0/s1. The highest BCUT2D eigenvalue weighted by Crippen LogP contribution is 2.32. The zero-order chi connectivity index (χ0) is 19.4. The number of nitrogens with two attached hydrogens (primary N) is 1. The van der Waals surface area contributed by atoms with E-state index in [0.29, 0.717) is 13.1 Å². The summed E-state index contributed by atoms with van der Waals surface area (Å²) in [5, 5.41) is 0. The summed E-state index contributed by atoms with van der Waals surface area (Å²) in [6, 6.07) is 9.48. The quantitative estimate of drug-likeness (QED) is 0.832. The minimum Gasteiger partial charge on any atom is -0.445 e. The van der Waals surface area contributed by atoms with Gasteiger partial charge in [-0.25, -0.2) is 4.79 Å². The fraction of sp³-hybridized carbons (Fsp3) is 0.619. The van der Waals surface area contributed by atoms with Gasteiger partial charge in [0.05, 0.1) is 12.1 Å². The molecule has 2 amide bonds. The van der Waals surface area contributed by atoms with Gasteiger partial charge in [-0.1, -0.05) is 44.2 Å². The number of amides is 2. The molecule has 1 aromatic rings. The van der Waals surface area contributed by atoms with Crippen LogP contribution in [0.1, 0.15) is 45.1 Å². The molecule has 6 nitrogen and oxygen atoms in total. The molecule has 1 aliphatic heterocycles. The van der Waals surface area contributed by atoms with Crippen molar-refractivity contribution in [3.05, 3.63) is 35.9 Å². The van der Waals surface area contributed by atoms with E-state index in [1.54, 1.807) is 0 Å². The van der Waals surface area contributed by atoms with Crippen LogP contribution in [0.25, 0.3) is 0 Å². The fourth-order valence-corrected chi connectivity index (χ4v) is 3.62. The molecule has 1 unspecified atom stereocenters. The third-order valence-electron chi connectivity index (χ3n) is 5.46. The largest absolute Gasteiger partial charge is 0.445 e. The van der Waals surface area contributed by atoms with Gasteiger partial charge >= 0.3 is 6.09 Å². The Morgan fingerprint density at radius 2 is 1.89 bits per heavy atom. The summed E-state index contributed by atoms with van der Waals surface area (Å²) in [5.41, 5.74) is 7.04. The minimum absolute atomic E-state index is 0.0110. The maximum atomic E-state index is 12.8. The maximum Gasteiger partial charge on any atom is 0.410 e. The highest BCUT2D eigenvalue weighted by molar-refractivity contribution is 5.82. The molecule has 2 aliphatic rings. The first-order valence-corrected chi connectivity index (χ1v) is 10.0. The normalized spacial score (nSPS) is 21.0. The monoisotopic (exact) mass is 373 g/mol. The number of hydrogen-bond donors (Lipinski definition) is 1. The Morgan fingerprint density at radius 3 is 2.52 bits per heavy atom. The molecular weight excluding hydrogens is 342 g/mol. The second-order valence-electron chi connectivity index (χ2n) is 8.03. The molecule has 1 aliphatic carbocycles. The number of carbonyl (C=O) groups is 2. The van der Waals surface area contributed by atoms with Crippen molar-refractivity contribution in [1.29, 1.82) is 0 Å². The zero-order valence-corrected chi connectivity index (χ0v) is 16.3. The first-order valence-electron chi connectivity index (χ1n) is 10.0. The molecule has 0 aromatic heterocycles. The summed E-state index contributed by atoms with van der Waals surface area (Å²) >= 11 is 0. The Bertz CT molecular complexity index is 645. The van der Waals surface area contributed by atoms with E-state index in [1.165, 1.54) is 0 Å². The van der Waals surface area contributed by atoms with Crippen LogP contribution in [0.15, 0.2) is 30.3 Å². The van der Waals surface area contributed by atoms with Gasteiger partial charge in [-0.05, 0) is 37.2 Å². The summed E-state index contributed by atoms with van der Waals surface area (Å²) in [4.78, 5) is 29.1. The molecule has 3 rings (SSSR count). The van der Waals surface area contributed by atoms with Gasteiger partial charge in [-0.15, -0.1) is 0 Å². The number of carbonyl (C=O) groups excluding carboxylic acids is 2. The summed E-state index contributed by atoms with van der Waals surface area (Å²) in [6.07, 6.45) is 3.54. The second-order valence-corrected chi connectivity index (χ2v) is 8.03. The number of likely N-dealkylation sites (tertiary alicyclic amines) is 1. The van der Waals surface area contributed by atoms with Crippen LogP contribution in [0.3, 0.4) is 0 Å². The SMILES string of the molecule is CC(C)[C@H](N)C(=O)N1CCCC(N(C(=O)OCc2ccccc2)C2CC2)C1. The van der Waals surface area contributed by atoms with Crippen molar-refractivity contribution in [3.63, 3.8) is 0 Å². The van der Waals surface area contributed by atoms with Crippen molar-refractivity contribution < 1.29 is 14.3 Å². The van der Waals surface area contributed by atoms with E-state index in [4.69, 9.17) is 10.5 Å². The molecule has 2 atom stereocenters. The van der Waals surface area contributed by atoms with Crippen LogP contribution in [-0.4, -0.2) is 53.0 Å². The van der Waals surface area contributed by atoms with E-state index in [-0.39, 0.29) is 36.6 Å². The molecular formula is C21H31N3O3. The lowest BCUT2D eigenvalue weighted by Crippen LogP contribution is -2.56. The van der Waals surface area contributed by atoms with E-state index in [2.05, 4.69) is 0 Å². The van der Waals surface area contributed by atoms with Gasteiger partial charge in [0.15, 0.2) is 0 Å². The van der Waals surface area contributed by atoms with Crippen LogP contribution in [0, 0.1) is 5.92 Å². The van der Waals surface area contributed by atoms with E-state index in [0.717, 1.165) is 31.2 Å². The van der Waals surface area contributed by atoms with Gasteiger partial charge in [0, 0.05) is 19.1 Å². The van der Waals surface area contributed by atoms with Crippen LogP contribution in [0.2, 0.25) is 0 Å². The number of piperidine rings is 1. The number of hydrogen-bond acceptors (Lipinski definition) is 4. The number of ether oxygens (including phenoxy) is 1. The van der Waals surface area contributed by atoms with Crippen molar-refractivity contribution in [1.82, 2.24) is 9.80 Å². The van der Waals surface area contributed by atoms with Gasteiger partial charge in [-0.3, -0.25) is 4.79 Å². The molecule has 2 N–H and O–H groups in total. The first-order chi connectivity index (χ1) is 13.0. The molecule has 0 radical (unpaired) electrons. The Hall–Kier alpha value is -2.08. The maximum absolute atomic E-state index is 12.8. The summed E-state index contributed by atoms with van der Waals surface area (Å²) in [5.74, 6) is 0.0938. The van der Waals surface area contributed by atoms with Crippen LogP contribution < -0.4 is 5.73 Å². The van der Waals surface area contributed by atoms with Gasteiger partial charge in [0.25, 0.3) is 0 Å². The summed E-state index contributed by atoms with van der Waals surface area (Å²) < 4.78 is 5.59. The molecule has 0 spiro atoms. The van der Waals surface area contributed by atoms with E-state index in [9.17, 15) is 9.59 Å². The molecule has 0 bridgehead atoms. The Kier molecular flexibility index (Phi) is 6.37. The van der Waals surface area contributed by atoms with Gasteiger partial charge < -0.3 is 20.3 Å². The van der Waals surface area contributed by atoms with Crippen molar-refractivity contribution in [2.24, 2.45) is 11.7 Å². The highest BCUT2D eigenvalue weighted by atomic mass is 16.6. The number of rotatable bonds is 6. The molecule has 1 aromatic carbocycles. The molecule has 1 saturated carbocycles. The second kappa shape index (κ2) is 8.74. The molecule has 148 valence electrons. The fourth-order valence-electron chi connectivity index (χ4n) is 3.62. The Labute approximate surface area is 161 Å². The third kappa shape index (κ3) is 5.01. The molecule has 1 saturated heterocycles.